The van der Waals surface area contributed by atoms with E-state index < -0.39 is 11.5 Å². The molecule has 0 saturated carbocycles. The van der Waals surface area contributed by atoms with Crippen LogP contribution in [0.3, 0.4) is 0 Å². The quantitative estimate of drug-likeness (QED) is 0.748. The predicted octanol–water partition coefficient (Wildman–Crippen LogP) is 2.74. The van der Waals surface area contributed by atoms with Gasteiger partial charge in [-0.25, -0.2) is 0 Å². The number of piperidine rings is 1. The van der Waals surface area contributed by atoms with E-state index in [9.17, 15) is 9.90 Å². The summed E-state index contributed by atoms with van der Waals surface area (Å²) in [5.41, 5.74) is 0.918. The first-order chi connectivity index (χ1) is 14.8. The lowest BCUT2D eigenvalue weighted by Gasteiger charge is -2.58. The van der Waals surface area contributed by atoms with Gasteiger partial charge in [0.2, 0.25) is 0 Å². The predicted molar refractivity (Wildman–Crippen MR) is 118 cm³/mol. The van der Waals surface area contributed by atoms with Crippen molar-refractivity contribution in [1.82, 2.24) is 4.90 Å². The number of amides is 1. The molecule has 3 fully saturated rings. The van der Waals surface area contributed by atoms with Crippen molar-refractivity contribution in [3.63, 3.8) is 0 Å². The Bertz CT molecular complexity index is 1070. The molecule has 3 unspecified atom stereocenters. The maximum atomic E-state index is 12.7. The molecule has 8 heteroatoms. The van der Waals surface area contributed by atoms with Crippen LogP contribution in [0.5, 0.6) is 0 Å². The van der Waals surface area contributed by atoms with E-state index in [1.807, 2.05) is 30.3 Å². The van der Waals surface area contributed by atoms with E-state index in [4.69, 9.17) is 22.1 Å². The fraction of sp³-hybridized carbons (Fsp3) is 0.348. The highest BCUT2D eigenvalue weighted by Gasteiger charge is 2.46. The van der Waals surface area contributed by atoms with Crippen molar-refractivity contribution in [3.8, 4) is 12.1 Å². The summed E-state index contributed by atoms with van der Waals surface area (Å²) < 4.78 is 0. The number of carbonyl (C=O) groups excluding carboxylic acids is 1. The molecule has 2 aromatic rings. The molecule has 31 heavy (non-hydrogen) atoms. The van der Waals surface area contributed by atoms with Crippen LogP contribution < -0.4 is 10.2 Å². The molecule has 3 heterocycles. The monoisotopic (exact) mass is 435 g/mol. The number of benzene rings is 2. The number of aliphatic hydroxyl groups is 1. The van der Waals surface area contributed by atoms with Crippen molar-refractivity contribution in [2.75, 3.05) is 29.9 Å². The van der Waals surface area contributed by atoms with Gasteiger partial charge in [-0.15, -0.1) is 0 Å². The molecule has 3 saturated heterocycles. The van der Waals surface area contributed by atoms with Gasteiger partial charge in [0, 0.05) is 43.1 Å². The maximum absolute atomic E-state index is 12.7. The molecule has 2 N–H and O–H groups in total. The molecule has 0 spiro atoms. The van der Waals surface area contributed by atoms with Gasteiger partial charge in [0.25, 0.3) is 5.91 Å². The topological polar surface area (TPSA) is 103 Å². The SMILES string of the molecule is CC(O)(CN1CC2CC(C1)N2c1ccc(C#N)cc1)C(=O)Nc1ccc(C#N)c(Cl)c1. The number of fused-ring (bicyclic) bond motifs is 2. The van der Waals surface area contributed by atoms with E-state index in [0.29, 0.717) is 28.9 Å². The number of piperazine rings is 1. The number of anilines is 2. The van der Waals surface area contributed by atoms with E-state index in [0.717, 1.165) is 25.2 Å². The van der Waals surface area contributed by atoms with Crippen LogP contribution in [0.4, 0.5) is 11.4 Å². The van der Waals surface area contributed by atoms with Crippen LogP contribution >= 0.6 is 11.6 Å². The molecule has 0 aliphatic carbocycles. The third kappa shape index (κ3) is 4.22. The number of carbonyl (C=O) groups is 1. The lowest BCUT2D eigenvalue weighted by molar-refractivity contribution is -0.135. The van der Waals surface area contributed by atoms with Gasteiger partial charge in [-0.05, 0) is 55.8 Å². The highest BCUT2D eigenvalue weighted by molar-refractivity contribution is 6.32. The smallest absolute Gasteiger partial charge is 0.257 e. The summed E-state index contributed by atoms with van der Waals surface area (Å²) in [6.07, 6.45) is 1.08. The van der Waals surface area contributed by atoms with Crippen LogP contribution in [0.1, 0.15) is 24.5 Å². The standard InChI is InChI=1S/C23H22ClN5O2/c1-23(31,22(30)27-17-5-4-16(11-26)21(24)8-17)14-28-12-19-9-20(13-28)29(19)18-6-2-15(10-25)3-7-18/h2-8,19-20,31H,9,12-14H2,1H3,(H,27,30). The normalized spacial score (nSPS) is 21.9. The molecule has 1 amide bonds. The first-order valence-corrected chi connectivity index (χ1v) is 10.4. The Morgan fingerprint density at radius 1 is 1.19 bits per heavy atom. The van der Waals surface area contributed by atoms with Crippen LogP contribution in [0.25, 0.3) is 0 Å². The Balaban J connectivity index is 1.36. The van der Waals surface area contributed by atoms with Gasteiger partial charge in [-0.1, -0.05) is 11.6 Å². The zero-order valence-corrected chi connectivity index (χ0v) is 17.8. The Morgan fingerprint density at radius 2 is 1.87 bits per heavy atom. The molecule has 3 atom stereocenters. The Morgan fingerprint density at radius 3 is 2.45 bits per heavy atom. The van der Waals surface area contributed by atoms with Gasteiger partial charge < -0.3 is 15.3 Å². The van der Waals surface area contributed by atoms with Crippen LogP contribution in [0.15, 0.2) is 42.5 Å². The zero-order chi connectivity index (χ0) is 22.2. The summed E-state index contributed by atoms with van der Waals surface area (Å²) in [5.74, 6) is -0.517. The number of nitrogens with one attached hydrogen (secondary N) is 1. The van der Waals surface area contributed by atoms with Gasteiger partial charge in [0.05, 0.1) is 22.2 Å². The van der Waals surface area contributed by atoms with Crippen LogP contribution in [-0.4, -0.2) is 53.2 Å². The number of halogens is 1. The summed E-state index contributed by atoms with van der Waals surface area (Å²) in [6, 6.07) is 17.0. The van der Waals surface area contributed by atoms with Crippen molar-refractivity contribution in [3.05, 3.63) is 58.6 Å². The summed E-state index contributed by atoms with van der Waals surface area (Å²) >= 11 is 6.02. The van der Waals surface area contributed by atoms with Crippen LogP contribution in [0, 0.1) is 22.7 Å². The second-order valence-corrected chi connectivity index (χ2v) is 8.74. The van der Waals surface area contributed by atoms with Crippen molar-refractivity contribution in [2.24, 2.45) is 0 Å². The second kappa shape index (κ2) is 8.20. The summed E-state index contributed by atoms with van der Waals surface area (Å²) in [7, 11) is 0. The highest BCUT2D eigenvalue weighted by Crippen LogP contribution is 2.37. The minimum Gasteiger partial charge on any atom is -0.379 e. The lowest BCUT2D eigenvalue weighted by atomic mass is 9.85. The minimum atomic E-state index is -1.58. The highest BCUT2D eigenvalue weighted by atomic mass is 35.5. The third-order valence-corrected chi connectivity index (χ3v) is 6.24. The molecule has 7 nitrogen and oxygen atoms in total. The number of nitrogens with zero attached hydrogens (tertiary/aromatic N) is 4. The first-order valence-electron chi connectivity index (χ1n) is 10.0. The van der Waals surface area contributed by atoms with Crippen molar-refractivity contribution in [2.45, 2.75) is 31.0 Å². The van der Waals surface area contributed by atoms with Crippen LogP contribution in [-0.2, 0) is 4.79 Å². The molecule has 0 radical (unpaired) electrons. The van der Waals surface area contributed by atoms with Gasteiger partial charge in [0.15, 0.2) is 5.60 Å². The number of nitriles is 2. The second-order valence-electron chi connectivity index (χ2n) is 8.34. The van der Waals surface area contributed by atoms with Gasteiger partial charge >= 0.3 is 0 Å². The fourth-order valence-corrected chi connectivity index (χ4v) is 4.64. The molecule has 0 aromatic heterocycles. The Labute approximate surface area is 186 Å². The van der Waals surface area contributed by atoms with E-state index in [2.05, 4.69) is 21.2 Å². The average Bonchev–Trinajstić information content (AvgIpc) is 2.74. The maximum Gasteiger partial charge on any atom is 0.257 e. The van der Waals surface area contributed by atoms with Gasteiger partial charge in [0.1, 0.15) is 6.07 Å². The largest absolute Gasteiger partial charge is 0.379 e. The van der Waals surface area contributed by atoms with E-state index >= 15 is 0 Å². The van der Waals surface area contributed by atoms with E-state index in [1.54, 1.807) is 6.07 Å². The third-order valence-electron chi connectivity index (χ3n) is 5.93. The Kier molecular flexibility index (Phi) is 5.60. The molecular weight excluding hydrogens is 414 g/mol. The van der Waals surface area contributed by atoms with E-state index in [-0.39, 0.29) is 11.6 Å². The summed E-state index contributed by atoms with van der Waals surface area (Å²) in [6.45, 7) is 3.23. The molecule has 5 rings (SSSR count). The Hall–Kier alpha value is -3.10. The van der Waals surface area contributed by atoms with Crippen LogP contribution in [0.2, 0.25) is 5.02 Å². The molecule has 158 valence electrons. The number of hydrogen-bond donors (Lipinski definition) is 2. The van der Waals surface area contributed by atoms with Crippen molar-refractivity contribution in [1.29, 1.82) is 10.5 Å². The van der Waals surface area contributed by atoms with Crippen molar-refractivity contribution < 1.29 is 9.90 Å². The van der Waals surface area contributed by atoms with Gasteiger partial charge in [-0.3, -0.25) is 9.69 Å². The lowest BCUT2D eigenvalue weighted by Crippen LogP contribution is -2.70. The summed E-state index contributed by atoms with van der Waals surface area (Å²) in [5, 5.41) is 31.7. The molecule has 2 aromatic carbocycles. The van der Waals surface area contributed by atoms with E-state index in [1.165, 1.54) is 19.1 Å². The van der Waals surface area contributed by atoms with Crippen molar-refractivity contribution >= 4 is 28.9 Å². The fourth-order valence-electron chi connectivity index (χ4n) is 4.41. The zero-order valence-electron chi connectivity index (χ0n) is 17.0. The molecule has 3 aliphatic rings. The first kappa shape index (κ1) is 21.1. The summed E-state index contributed by atoms with van der Waals surface area (Å²) in [4.78, 5) is 17.1. The molecular formula is C23H22ClN5O2. The number of hydrogen-bond acceptors (Lipinski definition) is 6. The minimum absolute atomic E-state index is 0.219. The number of rotatable bonds is 5. The molecule has 2 bridgehead atoms. The average molecular weight is 436 g/mol. The molecule has 3 aliphatic heterocycles. The van der Waals surface area contributed by atoms with Gasteiger partial charge in [-0.2, -0.15) is 10.5 Å².